The molecule has 0 amide bonds. The summed E-state index contributed by atoms with van der Waals surface area (Å²) in [5, 5.41) is 9.89. The van der Waals surface area contributed by atoms with Crippen LogP contribution in [0.15, 0.2) is 59.0 Å². The first-order valence-corrected chi connectivity index (χ1v) is 10.5. The van der Waals surface area contributed by atoms with Crippen molar-refractivity contribution >= 4 is 17.3 Å². The molecule has 2 heterocycles. The molecule has 0 aliphatic rings. The van der Waals surface area contributed by atoms with Crippen LogP contribution in [0.4, 0.5) is 0 Å². The zero-order chi connectivity index (χ0) is 19.8. The van der Waals surface area contributed by atoms with Gasteiger partial charge in [-0.2, -0.15) is 0 Å². The average Bonchev–Trinajstić information content (AvgIpc) is 3.20. The van der Waals surface area contributed by atoms with Crippen molar-refractivity contribution < 1.29 is 0 Å². The molecule has 0 unspecified atom stereocenters. The molecule has 0 bridgehead atoms. The minimum Gasteiger partial charge on any atom is -0.357 e. The second kappa shape index (κ2) is 9.99. The number of pyridine rings is 1. The van der Waals surface area contributed by atoms with Gasteiger partial charge in [0.2, 0.25) is 0 Å². The Kier molecular flexibility index (Phi) is 7.14. The van der Waals surface area contributed by atoms with Gasteiger partial charge in [0.1, 0.15) is 5.01 Å². The Balaban J connectivity index is 1.65. The molecule has 1 aromatic carbocycles. The maximum atomic E-state index is 4.73. The molecule has 2 aromatic heterocycles. The summed E-state index contributed by atoms with van der Waals surface area (Å²) in [5.41, 5.74) is 4.38. The van der Waals surface area contributed by atoms with Crippen molar-refractivity contribution in [1.29, 1.82) is 0 Å². The average molecular weight is 394 g/mol. The van der Waals surface area contributed by atoms with E-state index in [0.717, 1.165) is 40.0 Å². The predicted molar refractivity (Wildman–Crippen MR) is 118 cm³/mol. The Labute approximate surface area is 171 Å². The lowest BCUT2D eigenvalue weighted by Crippen LogP contribution is -2.36. The van der Waals surface area contributed by atoms with E-state index >= 15 is 0 Å². The van der Waals surface area contributed by atoms with E-state index in [1.165, 1.54) is 0 Å². The number of benzene rings is 1. The van der Waals surface area contributed by atoms with Crippen LogP contribution in [0.25, 0.3) is 11.3 Å². The molecule has 3 rings (SSSR count). The fourth-order valence-corrected chi connectivity index (χ4v) is 3.60. The summed E-state index contributed by atoms with van der Waals surface area (Å²) >= 11 is 1.69. The van der Waals surface area contributed by atoms with Crippen LogP contribution >= 0.6 is 11.3 Å². The number of nitrogens with one attached hydrogen (secondary N) is 2. The first-order valence-electron chi connectivity index (χ1n) is 9.62. The van der Waals surface area contributed by atoms with Gasteiger partial charge in [0.05, 0.1) is 24.5 Å². The highest BCUT2D eigenvalue weighted by atomic mass is 32.1. The van der Waals surface area contributed by atoms with Crippen molar-refractivity contribution in [3.8, 4) is 11.3 Å². The summed E-state index contributed by atoms with van der Waals surface area (Å²) in [6, 6.07) is 14.3. The Morgan fingerprint density at radius 1 is 1.14 bits per heavy atom. The van der Waals surface area contributed by atoms with Crippen LogP contribution in [0.3, 0.4) is 0 Å². The monoisotopic (exact) mass is 393 g/mol. The van der Waals surface area contributed by atoms with Crippen LogP contribution in [-0.4, -0.2) is 22.5 Å². The molecule has 0 aliphatic heterocycles. The minimum absolute atomic E-state index is 0.457. The Hall–Kier alpha value is -2.73. The van der Waals surface area contributed by atoms with Crippen molar-refractivity contribution in [3.05, 3.63) is 70.3 Å². The first-order chi connectivity index (χ1) is 13.7. The van der Waals surface area contributed by atoms with Gasteiger partial charge in [0, 0.05) is 23.7 Å². The zero-order valence-corrected chi connectivity index (χ0v) is 17.5. The topological polar surface area (TPSA) is 62.2 Å². The Morgan fingerprint density at radius 3 is 2.75 bits per heavy atom. The summed E-state index contributed by atoms with van der Waals surface area (Å²) in [5.74, 6) is 1.25. The van der Waals surface area contributed by atoms with Gasteiger partial charge in [-0.3, -0.25) is 4.98 Å². The normalized spacial score (nSPS) is 11.6. The number of rotatable bonds is 7. The van der Waals surface area contributed by atoms with Gasteiger partial charge in [-0.1, -0.05) is 38.1 Å². The minimum atomic E-state index is 0.457. The van der Waals surface area contributed by atoms with E-state index < -0.39 is 0 Å². The van der Waals surface area contributed by atoms with Crippen molar-refractivity contribution in [3.63, 3.8) is 0 Å². The number of aliphatic imine (C=N–C) groups is 1. The number of guanidine groups is 1. The Bertz CT molecular complexity index is 902. The number of hydrogen-bond donors (Lipinski definition) is 2. The van der Waals surface area contributed by atoms with Gasteiger partial charge in [-0.25, -0.2) is 9.98 Å². The summed E-state index contributed by atoms with van der Waals surface area (Å²) in [6.07, 6.45) is 1.82. The summed E-state index contributed by atoms with van der Waals surface area (Å²) in [4.78, 5) is 13.8. The first kappa shape index (κ1) is 20.0. The van der Waals surface area contributed by atoms with E-state index in [2.05, 4.69) is 71.0 Å². The van der Waals surface area contributed by atoms with E-state index in [-0.39, 0.29) is 0 Å². The second-order valence-electron chi connectivity index (χ2n) is 6.78. The van der Waals surface area contributed by atoms with Gasteiger partial charge in [0.25, 0.3) is 0 Å². The third kappa shape index (κ3) is 5.63. The highest BCUT2D eigenvalue weighted by Gasteiger charge is 2.06. The molecule has 0 fully saturated rings. The number of aromatic nitrogens is 2. The fraction of sp³-hybridized carbons (Fsp3) is 0.318. The lowest BCUT2D eigenvalue weighted by atomic mass is 10.1. The molecule has 0 atom stereocenters. The molecule has 0 radical (unpaired) electrons. The molecule has 0 saturated carbocycles. The summed E-state index contributed by atoms with van der Waals surface area (Å²) in [7, 11) is 0. The van der Waals surface area contributed by atoms with Crippen LogP contribution in [0.1, 0.15) is 43.0 Å². The lowest BCUT2D eigenvalue weighted by molar-refractivity contribution is 0.788. The number of nitrogens with zero attached hydrogens (tertiary/aromatic N) is 3. The molecule has 146 valence electrons. The second-order valence-corrected chi connectivity index (χ2v) is 7.73. The van der Waals surface area contributed by atoms with E-state index in [4.69, 9.17) is 4.99 Å². The van der Waals surface area contributed by atoms with Crippen molar-refractivity contribution in [2.24, 2.45) is 4.99 Å². The fourth-order valence-electron chi connectivity index (χ4n) is 2.71. The lowest BCUT2D eigenvalue weighted by Gasteiger charge is -2.10. The quantitative estimate of drug-likeness (QED) is 0.455. The summed E-state index contributed by atoms with van der Waals surface area (Å²) in [6.45, 7) is 8.49. The summed E-state index contributed by atoms with van der Waals surface area (Å²) < 4.78 is 0. The smallest absolute Gasteiger partial charge is 0.191 e. The molecule has 3 aromatic rings. The van der Waals surface area contributed by atoms with Crippen LogP contribution in [0, 0.1) is 0 Å². The largest absolute Gasteiger partial charge is 0.357 e. The highest BCUT2D eigenvalue weighted by Crippen LogP contribution is 2.19. The molecule has 6 heteroatoms. The van der Waals surface area contributed by atoms with E-state index in [1.54, 1.807) is 11.3 Å². The number of thiazole rings is 1. The van der Waals surface area contributed by atoms with Crippen molar-refractivity contribution in [2.75, 3.05) is 6.54 Å². The molecule has 28 heavy (non-hydrogen) atoms. The molecule has 0 aliphatic carbocycles. The third-order valence-electron chi connectivity index (χ3n) is 4.22. The third-order valence-corrected chi connectivity index (χ3v) is 5.09. The molecular weight excluding hydrogens is 366 g/mol. The van der Waals surface area contributed by atoms with Crippen LogP contribution in [0.2, 0.25) is 0 Å². The van der Waals surface area contributed by atoms with Gasteiger partial charge < -0.3 is 10.6 Å². The zero-order valence-electron chi connectivity index (χ0n) is 16.6. The van der Waals surface area contributed by atoms with Crippen LogP contribution in [0.5, 0.6) is 0 Å². The molecule has 0 saturated heterocycles. The van der Waals surface area contributed by atoms with Crippen molar-refractivity contribution in [2.45, 2.75) is 39.8 Å². The molecule has 0 spiro atoms. The molecule has 5 nitrogen and oxygen atoms in total. The van der Waals surface area contributed by atoms with Gasteiger partial charge in [0.15, 0.2) is 5.96 Å². The van der Waals surface area contributed by atoms with Crippen LogP contribution < -0.4 is 10.6 Å². The maximum absolute atomic E-state index is 4.73. The van der Waals surface area contributed by atoms with Crippen molar-refractivity contribution in [1.82, 2.24) is 20.6 Å². The van der Waals surface area contributed by atoms with Gasteiger partial charge in [-0.15, -0.1) is 11.3 Å². The Morgan fingerprint density at radius 2 is 2.04 bits per heavy atom. The van der Waals surface area contributed by atoms with E-state index in [0.29, 0.717) is 19.0 Å². The highest BCUT2D eigenvalue weighted by molar-refractivity contribution is 7.09. The predicted octanol–water partition coefficient (Wildman–Crippen LogP) is 4.58. The van der Waals surface area contributed by atoms with E-state index in [9.17, 15) is 0 Å². The SMILES string of the molecule is CCNC(=NCc1cccc(-c2ccccn2)c1)NCc1nc(C(C)C)cs1. The van der Waals surface area contributed by atoms with E-state index in [1.807, 2.05) is 24.4 Å². The standard InChI is InChI=1S/C22H27N5S/c1-4-23-22(26-14-21-27-20(15-28-21)16(2)3)25-13-17-8-7-9-18(12-17)19-10-5-6-11-24-19/h5-12,15-16H,4,13-14H2,1-3H3,(H2,23,25,26). The number of hydrogen-bond acceptors (Lipinski definition) is 4. The molecule has 2 N–H and O–H groups in total. The van der Waals surface area contributed by atoms with Gasteiger partial charge in [-0.05, 0) is 36.6 Å². The molecular formula is C22H27N5S. The van der Waals surface area contributed by atoms with Gasteiger partial charge >= 0.3 is 0 Å². The maximum Gasteiger partial charge on any atom is 0.191 e. The van der Waals surface area contributed by atoms with Crippen LogP contribution in [-0.2, 0) is 13.1 Å².